The van der Waals surface area contributed by atoms with Crippen LogP contribution in [0.1, 0.15) is 25.3 Å². The van der Waals surface area contributed by atoms with Gasteiger partial charge in [0.1, 0.15) is 11.8 Å². The number of thioether (sulfide) groups is 1. The predicted molar refractivity (Wildman–Crippen MR) is 96.5 cm³/mol. The first kappa shape index (κ1) is 18.6. The average Bonchev–Trinajstić information content (AvgIpc) is 3.14. The van der Waals surface area contributed by atoms with Crippen LogP contribution in [-0.4, -0.2) is 53.1 Å². The van der Waals surface area contributed by atoms with Gasteiger partial charge in [-0.25, -0.2) is 4.79 Å². The highest BCUT2D eigenvalue weighted by atomic mass is 32.2. The Morgan fingerprint density at radius 2 is 2.15 bits per heavy atom. The van der Waals surface area contributed by atoms with Crippen LogP contribution in [0.5, 0.6) is 5.75 Å². The largest absolute Gasteiger partial charge is 0.496 e. The molecule has 0 spiro atoms. The molecule has 1 aromatic rings. The zero-order valence-corrected chi connectivity index (χ0v) is 15.6. The van der Waals surface area contributed by atoms with Crippen molar-refractivity contribution >= 4 is 29.5 Å². The van der Waals surface area contributed by atoms with E-state index in [2.05, 4.69) is 5.32 Å². The van der Waals surface area contributed by atoms with Gasteiger partial charge in [-0.05, 0) is 19.4 Å². The molecule has 1 aromatic carbocycles. The van der Waals surface area contributed by atoms with E-state index in [4.69, 9.17) is 9.47 Å². The lowest BCUT2D eigenvalue weighted by Crippen LogP contribution is -2.47. The molecule has 1 N–H and O–H groups in total. The van der Waals surface area contributed by atoms with Crippen LogP contribution in [-0.2, 0) is 25.7 Å². The van der Waals surface area contributed by atoms with Gasteiger partial charge in [-0.2, -0.15) is 0 Å². The molecule has 8 heteroatoms. The van der Waals surface area contributed by atoms with Crippen molar-refractivity contribution in [3.8, 4) is 5.75 Å². The Morgan fingerprint density at radius 3 is 2.92 bits per heavy atom. The lowest BCUT2D eigenvalue weighted by Gasteiger charge is -2.29. The van der Waals surface area contributed by atoms with Crippen molar-refractivity contribution in [2.24, 2.45) is 0 Å². The number of fused-ring (bicyclic) bond motifs is 1. The minimum atomic E-state index is -0.609. The van der Waals surface area contributed by atoms with Crippen molar-refractivity contribution in [2.75, 3.05) is 19.5 Å². The van der Waals surface area contributed by atoms with Crippen LogP contribution in [0, 0.1) is 0 Å². The number of hydrogen-bond acceptors (Lipinski definition) is 6. The quantitative estimate of drug-likeness (QED) is 0.752. The van der Waals surface area contributed by atoms with Gasteiger partial charge in [-0.15, -0.1) is 11.8 Å². The summed E-state index contributed by atoms with van der Waals surface area (Å²) in [5.41, 5.74) is 0.834. The van der Waals surface area contributed by atoms with E-state index in [0.717, 1.165) is 12.0 Å². The molecule has 0 saturated carbocycles. The van der Waals surface area contributed by atoms with Crippen molar-refractivity contribution in [1.29, 1.82) is 0 Å². The van der Waals surface area contributed by atoms with E-state index in [9.17, 15) is 14.4 Å². The highest BCUT2D eigenvalue weighted by Crippen LogP contribution is 2.47. The average molecular weight is 378 g/mol. The summed E-state index contributed by atoms with van der Waals surface area (Å²) < 4.78 is 10.4. The number of para-hydroxylation sites is 1. The van der Waals surface area contributed by atoms with Gasteiger partial charge in [0.25, 0.3) is 5.91 Å². The molecule has 2 aliphatic heterocycles. The number of rotatable bonds is 6. The Kier molecular flexibility index (Phi) is 5.41. The van der Waals surface area contributed by atoms with Crippen LogP contribution in [0.25, 0.3) is 0 Å². The molecule has 2 saturated heterocycles. The molecule has 140 valence electrons. The van der Waals surface area contributed by atoms with Gasteiger partial charge in [-0.1, -0.05) is 18.2 Å². The van der Waals surface area contributed by atoms with Crippen LogP contribution >= 0.6 is 11.8 Å². The molecule has 3 rings (SSSR count). The number of esters is 1. The van der Waals surface area contributed by atoms with E-state index in [0.29, 0.717) is 17.9 Å². The van der Waals surface area contributed by atoms with E-state index in [1.807, 2.05) is 31.2 Å². The van der Waals surface area contributed by atoms with Crippen LogP contribution in [0.2, 0.25) is 0 Å². The zero-order valence-electron chi connectivity index (χ0n) is 14.8. The Bertz CT molecular complexity index is 725. The second-order valence-corrected chi connectivity index (χ2v) is 7.96. The standard InChI is InChI=1S/C18H22N2O5S/c1-18-8-7-16(22)20(18)13(11-26-18)17(23)25-10-15(21)19-9-12-5-3-4-6-14(12)24-2/h3-6,13H,7-11H2,1-2H3,(H,19,21)/t13-,18-/m0/s1. The van der Waals surface area contributed by atoms with Gasteiger partial charge in [-0.3, -0.25) is 9.59 Å². The number of ether oxygens (including phenoxy) is 2. The van der Waals surface area contributed by atoms with E-state index < -0.39 is 17.9 Å². The Labute approximate surface area is 156 Å². The summed E-state index contributed by atoms with van der Waals surface area (Å²) in [6.07, 6.45) is 1.19. The van der Waals surface area contributed by atoms with Gasteiger partial charge in [0.2, 0.25) is 5.91 Å². The lowest BCUT2D eigenvalue weighted by atomic mass is 10.2. The smallest absolute Gasteiger partial charge is 0.330 e. The first-order valence-electron chi connectivity index (χ1n) is 8.46. The van der Waals surface area contributed by atoms with Crippen LogP contribution in [0.3, 0.4) is 0 Å². The molecule has 2 aliphatic rings. The highest BCUT2D eigenvalue weighted by Gasteiger charge is 2.53. The predicted octanol–water partition coefficient (Wildman–Crippen LogP) is 1.31. The fraction of sp³-hybridized carbons (Fsp3) is 0.500. The third-order valence-corrected chi connectivity index (χ3v) is 6.24. The summed E-state index contributed by atoms with van der Waals surface area (Å²) >= 11 is 1.59. The number of nitrogens with zero attached hydrogens (tertiary/aromatic N) is 1. The number of benzene rings is 1. The monoisotopic (exact) mass is 378 g/mol. The summed E-state index contributed by atoms with van der Waals surface area (Å²) in [5, 5.41) is 2.70. The minimum Gasteiger partial charge on any atom is -0.496 e. The molecule has 2 amide bonds. The summed E-state index contributed by atoms with van der Waals surface area (Å²) in [7, 11) is 1.56. The summed E-state index contributed by atoms with van der Waals surface area (Å²) in [5.74, 6) is 0.234. The maximum absolute atomic E-state index is 12.3. The van der Waals surface area contributed by atoms with Crippen molar-refractivity contribution in [3.05, 3.63) is 29.8 Å². The van der Waals surface area contributed by atoms with E-state index in [1.54, 1.807) is 23.8 Å². The molecule has 0 aliphatic carbocycles. The minimum absolute atomic E-state index is 0.0277. The van der Waals surface area contributed by atoms with Crippen molar-refractivity contribution in [1.82, 2.24) is 10.2 Å². The zero-order chi connectivity index (χ0) is 18.7. The Balaban J connectivity index is 1.49. The fourth-order valence-corrected chi connectivity index (χ4v) is 4.74. The number of hydrogen-bond donors (Lipinski definition) is 1. The van der Waals surface area contributed by atoms with Crippen molar-refractivity contribution in [3.63, 3.8) is 0 Å². The van der Waals surface area contributed by atoms with Crippen LogP contribution in [0.4, 0.5) is 0 Å². The molecule has 0 aromatic heterocycles. The molecule has 2 heterocycles. The number of methoxy groups -OCH3 is 1. The molecule has 7 nitrogen and oxygen atoms in total. The maximum Gasteiger partial charge on any atom is 0.330 e. The fourth-order valence-electron chi connectivity index (χ4n) is 3.32. The lowest BCUT2D eigenvalue weighted by molar-refractivity contribution is -0.156. The molecular formula is C18H22N2O5S. The Morgan fingerprint density at radius 1 is 1.38 bits per heavy atom. The Hall–Kier alpha value is -2.22. The first-order valence-corrected chi connectivity index (χ1v) is 9.44. The van der Waals surface area contributed by atoms with Crippen LogP contribution in [0.15, 0.2) is 24.3 Å². The molecule has 2 atom stereocenters. The van der Waals surface area contributed by atoms with Gasteiger partial charge < -0.3 is 19.7 Å². The molecule has 2 fully saturated rings. The molecule has 0 radical (unpaired) electrons. The topological polar surface area (TPSA) is 84.9 Å². The molecule has 0 unspecified atom stereocenters. The van der Waals surface area contributed by atoms with Crippen molar-refractivity contribution < 1.29 is 23.9 Å². The summed E-state index contributed by atoms with van der Waals surface area (Å²) in [6.45, 7) is 1.88. The first-order chi connectivity index (χ1) is 12.4. The van der Waals surface area contributed by atoms with Gasteiger partial charge in [0, 0.05) is 24.3 Å². The third kappa shape index (κ3) is 3.65. The molecule has 0 bridgehead atoms. The van der Waals surface area contributed by atoms with Gasteiger partial charge in [0.05, 0.1) is 12.0 Å². The third-order valence-electron chi connectivity index (χ3n) is 4.73. The van der Waals surface area contributed by atoms with Gasteiger partial charge >= 0.3 is 5.97 Å². The number of amides is 2. The van der Waals surface area contributed by atoms with E-state index in [1.165, 1.54) is 0 Å². The summed E-state index contributed by atoms with van der Waals surface area (Å²) in [4.78, 5) is 37.6. The maximum atomic E-state index is 12.3. The SMILES string of the molecule is COc1ccccc1CNC(=O)COC(=O)[C@@H]1CS[C@@]2(C)CCC(=O)N12. The van der Waals surface area contributed by atoms with Gasteiger partial charge in [0.15, 0.2) is 6.61 Å². The normalized spacial score (nSPS) is 24.3. The van der Waals surface area contributed by atoms with Crippen LogP contribution < -0.4 is 10.1 Å². The second-order valence-electron chi connectivity index (χ2n) is 6.46. The van der Waals surface area contributed by atoms with E-state index >= 15 is 0 Å². The highest BCUT2D eigenvalue weighted by molar-refractivity contribution is 8.01. The number of carbonyl (C=O) groups excluding carboxylic acids is 3. The van der Waals surface area contributed by atoms with Crippen molar-refractivity contribution in [2.45, 2.75) is 37.2 Å². The number of nitrogens with one attached hydrogen (secondary N) is 1. The summed E-state index contributed by atoms with van der Waals surface area (Å²) in [6, 6.07) is 6.75. The molecular weight excluding hydrogens is 356 g/mol. The number of carbonyl (C=O) groups is 3. The van der Waals surface area contributed by atoms with E-state index in [-0.39, 0.29) is 23.9 Å². The second kappa shape index (κ2) is 7.57. The molecule has 26 heavy (non-hydrogen) atoms.